The Hall–Kier alpha value is -2.89. The van der Waals surface area contributed by atoms with Crippen LogP contribution in [0.5, 0.6) is 5.75 Å². The molecule has 6 heteroatoms. The predicted molar refractivity (Wildman–Crippen MR) is 117 cm³/mol. The SMILES string of the molecule is O=C1ON=C(c2ccccc2)/C1=C/c1ccc(OCc2ccc(Br)cc2)c(Cl)c1. The summed E-state index contributed by atoms with van der Waals surface area (Å²) in [5, 5.41) is 4.37. The molecule has 4 nitrogen and oxygen atoms in total. The van der Waals surface area contributed by atoms with E-state index in [4.69, 9.17) is 21.2 Å². The van der Waals surface area contributed by atoms with E-state index >= 15 is 0 Å². The molecule has 0 saturated carbocycles. The zero-order chi connectivity index (χ0) is 20.2. The van der Waals surface area contributed by atoms with Crippen molar-refractivity contribution in [2.75, 3.05) is 0 Å². The first-order valence-electron chi connectivity index (χ1n) is 8.84. The number of carbonyl (C=O) groups excluding carboxylic acids is 1. The van der Waals surface area contributed by atoms with E-state index in [1.165, 1.54) is 0 Å². The van der Waals surface area contributed by atoms with Crippen LogP contribution in [0, 0.1) is 0 Å². The van der Waals surface area contributed by atoms with Gasteiger partial charge in [-0.15, -0.1) is 0 Å². The van der Waals surface area contributed by atoms with E-state index in [1.807, 2.05) is 60.7 Å². The molecule has 0 radical (unpaired) electrons. The Labute approximate surface area is 181 Å². The smallest absolute Gasteiger partial charge is 0.368 e. The van der Waals surface area contributed by atoms with Gasteiger partial charge >= 0.3 is 5.97 Å². The van der Waals surface area contributed by atoms with Crippen LogP contribution in [0.15, 0.2) is 88.0 Å². The molecule has 0 bridgehead atoms. The van der Waals surface area contributed by atoms with Gasteiger partial charge in [0.25, 0.3) is 0 Å². The van der Waals surface area contributed by atoms with Gasteiger partial charge < -0.3 is 9.57 Å². The van der Waals surface area contributed by atoms with Crippen molar-refractivity contribution in [1.29, 1.82) is 0 Å². The minimum absolute atomic E-state index is 0.385. The third kappa shape index (κ3) is 4.58. The summed E-state index contributed by atoms with van der Waals surface area (Å²) in [6.45, 7) is 0.407. The second-order valence-corrected chi connectivity index (χ2v) is 7.67. The van der Waals surface area contributed by atoms with E-state index in [9.17, 15) is 4.79 Å². The van der Waals surface area contributed by atoms with Crippen LogP contribution in [0.4, 0.5) is 0 Å². The maximum absolute atomic E-state index is 12.1. The molecule has 3 aromatic carbocycles. The number of hydrogen-bond donors (Lipinski definition) is 0. The van der Waals surface area contributed by atoms with E-state index < -0.39 is 5.97 Å². The number of halogens is 2. The summed E-state index contributed by atoms with van der Waals surface area (Å²) in [5.41, 5.74) is 3.49. The van der Waals surface area contributed by atoms with Gasteiger partial charge in [0.15, 0.2) is 0 Å². The van der Waals surface area contributed by atoms with Crippen molar-refractivity contribution < 1.29 is 14.4 Å². The normalized spacial score (nSPS) is 14.6. The zero-order valence-electron chi connectivity index (χ0n) is 15.1. The maximum Gasteiger partial charge on any atom is 0.368 e. The number of rotatable bonds is 5. The lowest BCUT2D eigenvalue weighted by molar-refractivity contribution is -0.136. The van der Waals surface area contributed by atoms with Crippen molar-refractivity contribution in [1.82, 2.24) is 0 Å². The molecule has 3 aromatic rings. The molecule has 1 aliphatic rings. The highest BCUT2D eigenvalue weighted by molar-refractivity contribution is 9.10. The topological polar surface area (TPSA) is 47.9 Å². The third-order valence-corrected chi connectivity index (χ3v) is 5.14. The molecule has 0 aromatic heterocycles. The minimum atomic E-state index is -0.490. The van der Waals surface area contributed by atoms with Gasteiger partial charge in [0, 0.05) is 10.0 Å². The molecule has 0 unspecified atom stereocenters. The minimum Gasteiger partial charge on any atom is -0.487 e. The summed E-state index contributed by atoms with van der Waals surface area (Å²) in [6.07, 6.45) is 1.71. The van der Waals surface area contributed by atoms with Gasteiger partial charge in [0.2, 0.25) is 0 Å². The highest BCUT2D eigenvalue weighted by atomic mass is 79.9. The fraction of sp³-hybridized carbons (Fsp3) is 0.0435. The molecule has 1 aliphatic heterocycles. The standard InChI is InChI=1S/C23H15BrClNO3/c24-18-9-6-15(7-10-18)14-28-21-11-8-16(13-20(21)25)12-19-22(26-29-23(19)27)17-4-2-1-3-5-17/h1-13H,14H2/b19-12-. The van der Waals surface area contributed by atoms with Crippen LogP contribution in [0.1, 0.15) is 16.7 Å². The largest absolute Gasteiger partial charge is 0.487 e. The van der Waals surface area contributed by atoms with Crippen LogP contribution in [-0.2, 0) is 16.2 Å². The van der Waals surface area contributed by atoms with Gasteiger partial charge in [0.05, 0.1) is 10.6 Å². The second kappa shape index (κ2) is 8.64. The first kappa shape index (κ1) is 19.4. The molecule has 0 saturated heterocycles. The first-order valence-corrected chi connectivity index (χ1v) is 10.0. The molecule has 0 N–H and O–H groups in total. The van der Waals surface area contributed by atoms with Gasteiger partial charge in [-0.05, 0) is 41.5 Å². The summed E-state index contributed by atoms with van der Waals surface area (Å²) in [7, 11) is 0. The molecule has 0 atom stereocenters. The van der Waals surface area contributed by atoms with E-state index in [0.717, 1.165) is 21.2 Å². The Bertz CT molecular complexity index is 1110. The van der Waals surface area contributed by atoms with Crippen molar-refractivity contribution in [3.05, 3.63) is 105 Å². The molecule has 4 rings (SSSR count). The highest BCUT2D eigenvalue weighted by Gasteiger charge is 2.26. The average Bonchev–Trinajstić information content (AvgIpc) is 3.09. The number of hydrogen-bond acceptors (Lipinski definition) is 4. The van der Waals surface area contributed by atoms with Crippen LogP contribution in [0.3, 0.4) is 0 Å². The Morgan fingerprint density at radius 1 is 1.03 bits per heavy atom. The van der Waals surface area contributed by atoms with E-state index in [2.05, 4.69) is 21.1 Å². The van der Waals surface area contributed by atoms with Crippen LogP contribution in [0.2, 0.25) is 5.02 Å². The van der Waals surface area contributed by atoms with E-state index in [0.29, 0.717) is 28.7 Å². The van der Waals surface area contributed by atoms with Crippen molar-refractivity contribution >= 4 is 45.3 Å². The lowest BCUT2D eigenvalue weighted by atomic mass is 10.0. The van der Waals surface area contributed by atoms with Gasteiger partial charge in [-0.25, -0.2) is 4.79 Å². The Balaban J connectivity index is 1.53. The molecule has 0 amide bonds. The Kier molecular flexibility index (Phi) is 5.79. The second-order valence-electron chi connectivity index (χ2n) is 6.35. The van der Waals surface area contributed by atoms with Gasteiger partial charge in [-0.2, -0.15) is 0 Å². The summed E-state index contributed by atoms with van der Waals surface area (Å²) in [6, 6.07) is 22.7. The molecule has 0 spiro atoms. The highest BCUT2D eigenvalue weighted by Crippen LogP contribution is 2.29. The van der Waals surface area contributed by atoms with Crippen LogP contribution in [0.25, 0.3) is 6.08 Å². The van der Waals surface area contributed by atoms with Gasteiger partial charge in [-0.1, -0.05) is 81.2 Å². The average molecular weight is 469 g/mol. The monoisotopic (exact) mass is 467 g/mol. The van der Waals surface area contributed by atoms with Gasteiger partial charge in [0.1, 0.15) is 18.1 Å². The molecule has 1 heterocycles. The maximum atomic E-state index is 12.1. The van der Waals surface area contributed by atoms with Gasteiger partial charge in [-0.3, -0.25) is 0 Å². The van der Waals surface area contributed by atoms with Crippen LogP contribution in [-0.4, -0.2) is 11.7 Å². The molecule has 0 aliphatic carbocycles. The van der Waals surface area contributed by atoms with Crippen molar-refractivity contribution in [2.24, 2.45) is 5.16 Å². The Morgan fingerprint density at radius 3 is 2.52 bits per heavy atom. The summed E-state index contributed by atoms with van der Waals surface area (Å²) < 4.78 is 6.83. The molecule has 0 fully saturated rings. The lowest BCUT2D eigenvalue weighted by Crippen LogP contribution is -2.06. The Morgan fingerprint density at radius 2 is 1.79 bits per heavy atom. The predicted octanol–water partition coefficient (Wildman–Crippen LogP) is 6.03. The van der Waals surface area contributed by atoms with Crippen molar-refractivity contribution in [2.45, 2.75) is 6.61 Å². The van der Waals surface area contributed by atoms with Crippen molar-refractivity contribution in [3.8, 4) is 5.75 Å². The van der Waals surface area contributed by atoms with E-state index in [1.54, 1.807) is 18.2 Å². The van der Waals surface area contributed by atoms with E-state index in [-0.39, 0.29) is 0 Å². The lowest BCUT2D eigenvalue weighted by Gasteiger charge is -2.09. The molecular formula is C23H15BrClNO3. The first-order chi connectivity index (χ1) is 14.1. The quantitative estimate of drug-likeness (QED) is 0.339. The summed E-state index contributed by atoms with van der Waals surface area (Å²) >= 11 is 9.80. The van der Waals surface area contributed by atoms with Crippen LogP contribution >= 0.6 is 27.5 Å². The number of carbonyl (C=O) groups is 1. The van der Waals surface area contributed by atoms with Crippen molar-refractivity contribution in [3.63, 3.8) is 0 Å². The summed E-state index contributed by atoms with van der Waals surface area (Å²) in [5.74, 6) is 0.0817. The number of oxime groups is 1. The molecular weight excluding hydrogens is 454 g/mol. The van der Waals surface area contributed by atoms with Crippen LogP contribution < -0.4 is 4.74 Å². The zero-order valence-corrected chi connectivity index (χ0v) is 17.5. The fourth-order valence-corrected chi connectivity index (χ4v) is 3.35. The number of nitrogens with zero attached hydrogens (tertiary/aromatic N) is 1. The third-order valence-electron chi connectivity index (χ3n) is 4.32. The molecule has 29 heavy (non-hydrogen) atoms. The summed E-state index contributed by atoms with van der Waals surface area (Å²) in [4.78, 5) is 17.0. The fourth-order valence-electron chi connectivity index (χ4n) is 2.85. The molecule has 144 valence electrons. The number of ether oxygens (including phenoxy) is 1. The number of benzene rings is 3.